The topological polar surface area (TPSA) is 47.6 Å². The van der Waals surface area contributed by atoms with Crippen molar-refractivity contribution >= 4 is 11.6 Å². The van der Waals surface area contributed by atoms with E-state index in [1.807, 2.05) is 0 Å². The highest BCUT2D eigenvalue weighted by atomic mass is 16.5. The molecule has 0 aromatic heterocycles. The van der Waals surface area contributed by atoms with Gasteiger partial charge in [0, 0.05) is 30.3 Å². The number of carbonyl (C=O) groups excluding carboxylic acids is 1. The number of carbonyl (C=O) groups is 1. The molecular weight excluding hydrogens is 218 g/mol. The molecule has 0 bridgehead atoms. The van der Waals surface area contributed by atoms with Crippen LogP contribution in [-0.4, -0.2) is 20.1 Å². The number of hydrogen-bond acceptors (Lipinski definition) is 3. The third kappa shape index (κ3) is 4.34. The van der Waals surface area contributed by atoms with Gasteiger partial charge in [-0.2, -0.15) is 0 Å². The number of unbranched alkanes of at least 4 members (excludes halogenated alkanes) is 1. The Bertz CT molecular complexity index is 355. The molecule has 1 amide bonds. The van der Waals surface area contributed by atoms with E-state index in [1.165, 1.54) is 0 Å². The smallest absolute Gasteiger partial charge is 0.224 e. The number of amides is 1. The number of benzene rings is 1. The lowest BCUT2D eigenvalue weighted by molar-refractivity contribution is -0.116. The molecule has 1 aromatic rings. The number of ether oxygens (including phenoxy) is 2. The molecule has 0 aliphatic rings. The summed E-state index contributed by atoms with van der Waals surface area (Å²) in [6, 6.07) is 5.31. The van der Waals surface area contributed by atoms with Crippen molar-refractivity contribution in [1.29, 1.82) is 0 Å². The summed E-state index contributed by atoms with van der Waals surface area (Å²) >= 11 is 0. The minimum atomic E-state index is 0.0159. The van der Waals surface area contributed by atoms with Crippen LogP contribution in [0.15, 0.2) is 18.2 Å². The van der Waals surface area contributed by atoms with Gasteiger partial charge in [0.25, 0.3) is 0 Å². The Morgan fingerprint density at radius 3 is 2.24 bits per heavy atom. The number of methoxy groups -OCH3 is 2. The van der Waals surface area contributed by atoms with Gasteiger partial charge in [-0.25, -0.2) is 0 Å². The van der Waals surface area contributed by atoms with Gasteiger partial charge in [-0.15, -0.1) is 0 Å². The molecule has 0 heterocycles. The summed E-state index contributed by atoms with van der Waals surface area (Å²) in [5.74, 6) is 1.34. The fraction of sp³-hybridized carbons (Fsp3) is 0.462. The zero-order valence-corrected chi connectivity index (χ0v) is 10.6. The monoisotopic (exact) mass is 237 g/mol. The summed E-state index contributed by atoms with van der Waals surface area (Å²) < 4.78 is 10.3. The molecule has 0 radical (unpaired) electrons. The lowest BCUT2D eigenvalue weighted by Crippen LogP contribution is -2.11. The quantitative estimate of drug-likeness (QED) is 0.827. The summed E-state index contributed by atoms with van der Waals surface area (Å²) in [7, 11) is 3.16. The Morgan fingerprint density at radius 2 is 1.76 bits per heavy atom. The van der Waals surface area contributed by atoms with Crippen LogP contribution < -0.4 is 14.8 Å². The number of hydrogen-bond donors (Lipinski definition) is 1. The number of anilines is 1. The molecule has 0 atom stereocenters. The van der Waals surface area contributed by atoms with Crippen molar-refractivity contribution in [2.24, 2.45) is 0 Å². The maximum Gasteiger partial charge on any atom is 0.224 e. The van der Waals surface area contributed by atoms with Gasteiger partial charge in [0.1, 0.15) is 11.5 Å². The summed E-state index contributed by atoms with van der Waals surface area (Å²) in [6.45, 7) is 2.06. The van der Waals surface area contributed by atoms with Gasteiger partial charge in [-0.1, -0.05) is 13.3 Å². The Labute approximate surface area is 102 Å². The van der Waals surface area contributed by atoms with Crippen LogP contribution in [0.1, 0.15) is 26.2 Å². The first kappa shape index (κ1) is 13.4. The molecule has 0 unspecified atom stereocenters. The lowest BCUT2D eigenvalue weighted by atomic mass is 10.2. The van der Waals surface area contributed by atoms with Crippen LogP contribution in [-0.2, 0) is 4.79 Å². The molecule has 0 aliphatic heterocycles. The molecule has 0 spiro atoms. The first-order chi connectivity index (χ1) is 8.19. The molecule has 4 nitrogen and oxygen atoms in total. The molecule has 0 saturated heterocycles. The zero-order chi connectivity index (χ0) is 12.7. The Morgan fingerprint density at radius 1 is 1.18 bits per heavy atom. The maximum atomic E-state index is 11.6. The highest BCUT2D eigenvalue weighted by Crippen LogP contribution is 2.25. The van der Waals surface area contributed by atoms with Crippen molar-refractivity contribution in [2.45, 2.75) is 26.2 Å². The predicted octanol–water partition coefficient (Wildman–Crippen LogP) is 2.83. The van der Waals surface area contributed by atoms with Gasteiger partial charge in [-0.05, 0) is 6.42 Å². The number of rotatable bonds is 6. The molecule has 1 rings (SSSR count). The molecule has 17 heavy (non-hydrogen) atoms. The highest BCUT2D eigenvalue weighted by molar-refractivity contribution is 5.91. The molecule has 4 heteroatoms. The van der Waals surface area contributed by atoms with Crippen LogP contribution in [0, 0.1) is 0 Å². The van der Waals surface area contributed by atoms with E-state index in [-0.39, 0.29) is 5.91 Å². The van der Waals surface area contributed by atoms with Crippen LogP contribution in [0.2, 0.25) is 0 Å². The van der Waals surface area contributed by atoms with E-state index in [0.717, 1.165) is 12.8 Å². The summed E-state index contributed by atoms with van der Waals surface area (Å²) in [5, 5.41) is 2.83. The first-order valence-corrected chi connectivity index (χ1v) is 5.72. The minimum Gasteiger partial charge on any atom is -0.497 e. The van der Waals surface area contributed by atoms with Crippen LogP contribution in [0.25, 0.3) is 0 Å². The SMILES string of the molecule is CCCCC(=O)Nc1cc(OC)cc(OC)c1. The average molecular weight is 237 g/mol. The molecule has 0 aliphatic carbocycles. The van der Waals surface area contributed by atoms with Crippen LogP contribution >= 0.6 is 0 Å². The summed E-state index contributed by atoms with van der Waals surface area (Å²) in [5.41, 5.74) is 0.697. The third-order valence-electron chi connectivity index (χ3n) is 2.39. The van der Waals surface area contributed by atoms with E-state index >= 15 is 0 Å². The van der Waals surface area contributed by atoms with E-state index in [9.17, 15) is 4.79 Å². The minimum absolute atomic E-state index is 0.0159. The van der Waals surface area contributed by atoms with Crippen molar-refractivity contribution in [3.05, 3.63) is 18.2 Å². The summed E-state index contributed by atoms with van der Waals surface area (Å²) in [6.07, 6.45) is 2.44. The average Bonchev–Trinajstić information content (AvgIpc) is 2.35. The molecule has 1 N–H and O–H groups in total. The maximum absolute atomic E-state index is 11.6. The fourth-order valence-corrected chi connectivity index (χ4v) is 1.44. The van der Waals surface area contributed by atoms with Crippen LogP contribution in [0.4, 0.5) is 5.69 Å². The second-order valence-electron chi connectivity index (χ2n) is 3.75. The van der Waals surface area contributed by atoms with E-state index in [2.05, 4.69) is 12.2 Å². The van der Waals surface area contributed by atoms with Gasteiger partial charge >= 0.3 is 0 Å². The van der Waals surface area contributed by atoms with Crippen LogP contribution in [0.3, 0.4) is 0 Å². The van der Waals surface area contributed by atoms with E-state index in [0.29, 0.717) is 23.6 Å². The van der Waals surface area contributed by atoms with Crippen molar-refractivity contribution < 1.29 is 14.3 Å². The molecule has 0 fully saturated rings. The van der Waals surface area contributed by atoms with Gasteiger partial charge < -0.3 is 14.8 Å². The van der Waals surface area contributed by atoms with Gasteiger partial charge in [0.05, 0.1) is 14.2 Å². The van der Waals surface area contributed by atoms with Crippen LogP contribution in [0.5, 0.6) is 11.5 Å². The first-order valence-electron chi connectivity index (χ1n) is 5.72. The largest absolute Gasteiger partial charge is 0.497 e. The fourth-order valence-electron chi connectivity index (χ4n) is 1.44. The zero-order valence-electron chi connectivity index (χ0n) is 10.6. The molecule has 0 saturated carbocycles. The predicted molar refractivity (Wildman–Crippen MR) is 67.7 cm³/mol. The Balaban J connectivity index is 2.72. The van der Waals surface area contributed by atoms with E-state index < -0.39 is 0 Å². The normalized spacial score (nSPS) is 9.82. The van der Waals surface area contributed by atoms with Gasteiger partial charge in [0.15, 0.2) is 0 Å². The van der Waals surface area contributed by atoms with Crippen molar-refractivity contribution in [3.63, 3.8) is 0 Å². The molecule has 1 aromatic carbocycles. The molecule has 94 valence electrons. The molecular formula is C13H19NO3. The highest BCUT2D eigenvalue weighted by Gasteiger charge is 2.05. The van der Waals surface area contributed by atoms with Gasteiger partial charge in [-0.3, -0.25) is 4.79 Å². The van der Waals surface area contributed by atoms with Gasteiger partial charge in [0.2, 0.25) is 5.91 Å². The third-order valence-corrected chi connectivity index (χ3v) is 2.39. The number of nitrogens with one attached hydrogen (secondary N) is 1. The van der Waals surface area contributed by atoms with Crippen molar-refractivity contribution in [3.8, 4) is 11.5 Å². The second kappa shape index (κ2) is 6.78. The van der Waals surface area contributed by atoms with E-state index in [4.69, 9.17) is 9.47 Å². The second-order valence-corrected chi connectivity index (χ2v) is 3.75. The van der Waals surface area contributed by atoms with Crippen molar-refractivity contribution in [2.75, 3.05) is 19.5 Å². The standard InChI is InChI=1S/C13H19NO3/c1-4-5-6-13(15)14-10-7-11(16-2)9-12(8-10)17-3/h7-9H,4-6H2,1-3H3,(H,14,15). The Hall–Kier alpha value is -1.71. The van der Waals surface area contributed by atoms with Crippen molar-refractivity contribution in [1.82, 2.24) is 0 Å². The van der Waals surface area contributed by atoms with E-state index in [1.54, 1.807) is 32.4 Å². The summed E-state index contributed by atoms with van der Waals surface area (Å²) in [4.78, 5) is 11.6. The Kier molecular flexibility index (Phi) is 5.33. The lowest BCUT2D eigenvalue weighted by Gasteiger charge is -2.09.